The first-order valence-electron chi connectivity index (χ1n) is 9.52. The van der Waals surface area contributed by atoms with Crippen LogP contribution in [0.25, 0.3) is 11.1 Å². The topological polar surface area (TPSA) is 108 Å². The third kappa shape index (κ3) is 4.92. The summed E-state index contributed by atoms with van der Waals surface area (Å²) < 4.78 is 16.7. The maximum atomic E-state index is 13.0. The minimum Gasteiger partial charge on any atom is -0.494 e. The second kappa shape index (κ2) is 9.13. The quantitative estimate of drug-likeness (QED) is 0.552. The van der Waals surface area contributed by atoms with Crippen LogP contribution in [0.15, 0.2) is 24.5 Å². The van der Waals surface area contributed by atoms with E-state index in [1.54, 1.807) is 12.1 Å². The number of hydrogen-bond donors (Lipinski definition) is 1. The lowest BCUT2D eigenvalue weighted by Crippen LogP contribution is -2.15. The van der Waals surface area contributed by atoms with Crippen molar-refractivity contribution < 1.29 is 19.0 Å². The van der Waals surface area contributed by atoms with Gasteiger partial charge in [-0.05, 0) is 37.3 Å². The van der Waals surface area contributed by atoms with E-state index in [1.807, 2.05) is 13.8 Å². The van der Waals surface area contributed by atoms with Crippen LogP contribution in [-0.2, 0) is 4.74 Å². The molecule has 1 aliphatic heterocycles. The van der Waals surface area contributed by atoms with Gasteiger partial charge < -0.3 is 14.2 Å². The SMILES string of the molecule is COc1cnc(Cl)cc1-c1cc(C)ncc1C(=O)Nc1nnc(O[C@@H]2CO[C@@H](C)C2)s1. The second-order valence-electron chi connectivity index (χ2n) is 7.03. The maximum Gasteiger partial charge on any atom is 0.296 e. The van der Waals surface area contributed by atoms with Crippen molar-refractivity contribution in [1.29, 1.82) is 0 Å². The third-order valence-electron chi connectivity index (χ3n) is 4.69. The number of aryl methyl sites for hydroxylation is 1. The van der Waals surface area contributed by atoms with E-state index in [4.69, 9.17) is 25.8 Å². The Morgan fingerprint density at radius 1 is 1.26 bits per heavy atom. The zero-order valence-electron chi connectivity index (χ0n) is 17.1. The van der Waals surface area contributed by atoms with Gasteiger partial charge in [-0.2, -0.15) is 0 Å². The van der Waals surface area contributed by atoms with Gasteiger partial charge in [-0.25, -0.2) is 4.98 Å². The fraction of sp³-hybridized carbons (Fsp3) is 0.350. The molecule has 0 unspecified atom stereocenters. The Hall–Kier alpha value is -2.82. The molecule has 3 aromatic rings. The number of hydrogen-bond acceptors (Lipinski definition) is 9. The smallest absolute Gasteiger partial charge is 0.296 e. The molecule has 1 N–H and O–H groups in total. The highest BCUT2D eigenvalue weighted by atomic mass is 35.5. The number of amides is 1. The largest absolute Gasteiger partial charge is 0.494 e. The lowest BCUT2D eigenvalue weighted by molar-refractivity contribution is 0.102. The number of anilines is 1. The van der Waals surface area contributed by atoms with Gasteiger partial charge in [-0.15, -0.1) is 5.10 Å². The van der Waals surface area contributed by atoms with E-state index < -0.39 is 5.91 Å². The predicted octanol–water partition coefficient (Wildman–Crippen LogP) is 3.77. The van der Waals surface area contributed by atoms with Crippen LogP contribution >= 0.6 is 22.9 Å². The first-order valence-corrected chi connectivity index (χ1v) is 10.7. The van der Waals surface area contributed by atoms with E-state index in [9.17, 15) is 4.79 Å². The van der Waals surface area contributed by atoms with E-state index in [0.29, 0.717) is 39.4 Å². The lowest BCUT2D eigenvalue weighted by atomic mass is 10.0. The van der Waals surface area contributed by atoms with Gasteiger partial charge in [-0.3, -0.25) is 15.1 Å². The van der Waals surface area contributed by atoms with Gasteiger partial charge in [0.15, 0.2) is 0 Å². The van der Waals surface area contributed by atoms with Gasteiger partial charge in [0, 0.05) is 29.4 Å². The number of rotatable bonds is 6. The standard InChI is InChI=1S/C20H20ClN5O4S/c1-10-4-13(14-6-17(21)23-8-16(14)28-3)15(7-22-10)18(27)24-19-25-26-20(31-19)30-12-5-11(2)29-9-12/h4,6-8,11-12H,5,9H2,1-3H3,(H,24,25,27)/t11-,12-/m0/s1. The summed E-state index contributed by atoms with van der Waals surface area (Å²) in [6.45, 7) is 4.34. The van der Waals surface area contributed by atoms with E-state index >= 15 is 0 Å². The molecule has 1 saturated heterocycles. The molecule has 4 heterocycles. The molecule has 31 heavy (non-hydrogen) atoms. The molecule has 0 bridgehead atoms. The minimum absolute atomic E-state index is 0.0664. The Morgan fingerprint density at radius 3 is 2.84 bits per heavy atom. The number of nitrogens with zero attached hydrogens (tertiary/aromatic N) is 4. The average Bonchev–Trinajstić information content (AvgIpc) is 3.36. The monoisotopic (exact) mass is 461 g/mol. The zero-order valence-corrected chi connectivity index (χ0v) is 18.7. The van der Waals surface area contributed by atoms with Gasteiger partial charge in [0.1, 0.15) is 17.0 Å². The highest BCUT2D eigenvalue weighted by molar-refractivity contribution is 7.17. The first kappa shape index (κ1) is 21.4. The van der Waals surface area contributed by atoms with Crippen molar-refractivity contribution in [2.75, 3.05) is 19.0 Å². The molecule has 0 aliphatic carbocycles. The molecule has 0 radical (unpaired) electrons. The molecule has 2 atom stereocenters. The maximum absolute atomic E-state index is 13.0. The second-order valence-corrected chi connectivity index (χ2v) is 8.35. The van der Waals surface area contributed by atoms with Crippen LogP contribution in [0.1, 0.15) is 29.4 Å². The highest BCUT2D eigenvalue weighted by Crippen LogP contribution is 2.34. The summed E-state index contributed by atoms with van der Waals surface area (Å²) in [5.74, 6) is 0.0988. The highest BCUT2D eigenvalue weighted by Gasteiger charge is 2.25. The van der Waals surface area contributed by atoms with E-state index in [-0.39, 0.29) is 17.4 Å². The Balaban J connectivity index is 1.57. The van der Waals surface area contributed by atoms with Crippen molar-refractivity contribution in [3.63, 3.8) is 0 Å². The van der Waals surface area contributed by atoms with Gasteiger partial charge in [0.2, 0.25) is 5.13 Å². The molecule has 3 aromatic heterocycles. The number of halogens is 1. The molecule has 162 valence electrons. The molecule has 0 spiro atoms. The van der Waals surface area contributed by atoms with Crippen LogP contribution in [0.3, 0.4) is 0 Å². The van der Waals surface area contributed by atoms with Crippen LogP contribution in [0.4, 0.5) is 5.13 Å². The van der Waals surface area contributed by atoms with Crippen molar-refractivity contribution in [2.24, 2.45) is 0 Å². The van der Waals surface area contributed by atoms with Gasteiger partial charge >= 0.3 is 0 Å². The average molecular weight is 462 g/mol. The normalized spacial score (nSPS) is 18.1. The molecular formula is C20H20ClN5O4S. The van der Waals surface area contributed by atoms with Gasteiger partial charge in [0.25, 0.3) is 11.1 Å². The molecule has 11 heteroatoms. The number of aromatic nitrogens is 4. The fourth-order valence-corrected chi connectivity index (χ4v) is 4.04. The summed E-state index contributed by atoms with van der Waals surface area (Å²) in [5, 5.41) is 11.7. The third-order valence-corrected chi connectivity index (χ3v) is 5.62. The Kier molecular flexibility index (Phi) is 6.30. The van der Waals surface area contributed by atoms with Gasteiger partial charge in [-0.1, -0.05) is 16.7 Å². The minimum atomic E-state index is -0.391. The summed E-state index contributed by atoms with van der Waals surface area (Å²) in [6, 6.07) is 3.44. The van der Waals surface area contributed by atoms with Crippen LogP contribution < -0.4 is 14.8 Å². The zero-order chi connectivity index (χ0) is 22.0. The lowest BCUT2D eigenvalue weighted by Gasteiger charge is -2.13. The number of methoxy groups -OCH3 is 1. The van der Waals surface area contributed by atoms with Crippen LogP contribution in [0.2, 0.25) is 5.15 Å². The summed E-state index contributed by atoms with van der Waals surface area (Å²) in [6.07, 6.45) is 3.89. The number of pyridine rings is 2. The van der Waals surface area contributed by atoms with Crippen molar-refractivity contribution in [3.05, 3.63) is 40.9 Å². The summed E-state index contributed by atoms with van der Waals surface area (Å²) in [5.41, 5.74) is 2.32. The summed E-state index contributed by atoms with van der Waals surface area (Å²) in [7, 11) is 1.53. The van der Waals surface area contributed by atoms with Gasteiger partial charge in [0.05, 0.1) is 31.6 Å². The molecule has 1 fully saturated rings. The molecule has 0 aromatic carbocycles. The number of nitrogens with one attached hydrogen (secondary N) is 1. The molecule has 1 aliphatic rings. The Labute approximate surface area is 187 Å². The first-order chi connectivity index (χ1) is 14.9. The fourth-order valence-electron chi connectivity index (χ4n) is 3.23. The summed E-state index contributed by atoms with van der Waals surface area (Å²) in [4.78, 5) is 21.3. The molecule has 0 saturated carbocycles. The van der Waals surface area contributed by atoms with Crippen molar-refractivity contribution in [2.45, 2.75) is 32.5 Å². The van der Waals surface area contributed by atoms with Crippen LogP contribution in [0, 0.1) is 6.92 Å². The van der Waals surface area contributed by atoms with Crippen molar-refractivity contribution >= 4 is 34.0 Å². The number of ether oxygens (including phenoxy) is 3. The molecular weight excluding hydrogens is 442 g/mol. The van der Waals surface area contributed by atoms with Crippen LogP contribution in [0.5, 0.6) is 10.9 Å². The predicted molar refractivity (Wildman–Crippen MR) is 116 cm³/mol. The van der Waals surface area contributed by atoms with E-state index in [2.05, 4.69) is 25.5 Å². The number of carbonyl (C=O) groups is 1. The molecule has 1 amide bonds. The molecule has 9 nitrogen and oxygen atoms in total. The molecule has 4 rings (SSSR count). The van der Waals surface area contributed by atoms with E-state index in [0.717, 1.165) is 23.5 Å². The van der Waals surface area contributed by atoms with Crippen molar-refractivity contribution in [3.8, 4) is 22.1 Å². The van der Waals surface area contributed by atoms with E-state index in [1.165, 1.54) is 19.5 Å². The summed E-state index contributed by atoms with van der Waals surface area (Å²) >= 11 is 7.24. The Bertz CT molecular complexity index is 1110. The van der Waals surface area contributed by atoms with Crippen LogP contribution in [-0.4, -0.2) is 52.0 Å². The Morgan fingerprint density at radius 2 is 2.10 bits per heavy atom. The van der Waals surface area contributed by atoms with Crippen molar-refractivity contribution in [1.82, 2.24) is 20.2 Å². The number of carbonyl (C=O) groups excluding carboxylic acids is 1.